The SMILES string of the molecule is C/C(N)=C(\C)N1Cc2ccccc2-c2ccccc21. The smallest absolute Gasteiger partial charge is 0.0491 e. The molecule has 0 spiro atoms. The van der Waals surface area contributed by atoms with E-state index in [0.717, 1.165) is 17.9 Å². The highest BCUT2D eigenvalue weighted by Gasteiger charge is 2.22. The number of para-hydroxylation sites is 1. The first kappa shape index (κ1) is 11.8. The zero-order valence-electron chi connectivity index (χ0n) is 11.4. The van der Waals surface area contributed by atoms with Gasteiger partial charge in [-0.25, -0.2) is 0 Å². The van der Waals surface area contributed by atoms with Crippen LogP contribution in [0.2, 0.25) is 0 Å². The maximum absolute atomic E-state index is 5.98. The predicted octanol–water partition coefficient (Wildman–Crippen LogP) is 3.88. The lowest BCUT2D eigenvalue weighted by molar-refractivity contribution is 0.882. The highest BCUT2D eigenvalue weighted by molar-refractivity contribution is 5.84. The molecular weight excluding hydrogens is 232 g/mol. The van der Waals surface area contributed by atoms with Gasteiger partial charge in [-0.1, -0.05) is 42.5 Å². The Bertz CT molecular complexity index is 652. The minimum absolute atomic E-state index is 0.870. The number of hydrogen-bond acceptors (Lipinski definition) is 2. The van der Waals surface area contributed by atoms with Crippen LogP contribution in [0.4, 0.5) is 5.69 Å². The normalized spacial score (nSPS) is 14.5. The summed E-state index contributed by atoms with van der Waals surface area (Å²) in [6.45, 7) is 4.92. The summed E-state index contributed by atoms with van der Waals surface area (Å²) in [4.78, 5) is 2.30. The fourth-order valence-electron chi connectivity index (χ4n) is 2.63. The highest BCUT2D eigenvalue weighted by Crippen LogP contribution is 2.40. The van der Waals surface area contributed by atoms with Crippen molar-refractivity contribution < 1.29 is 0 Å². The quantitative estimate of drug-likeness (QED) is 0.832. The molecule has 19 heavy (non-hydrogen) atoms. The lowest BCUT2D eigenvalue weighted by atomic mass is 9.93. The van der Waals surface area contributed by atoms with E-state index in [1.807, 2.05) is 6.92 Å². The third kappa shape index (κ3) is 1.89. The number of nitrogens with zero attached hydrogens (tertiary/aromatic N) is 1. The van der Waals surface area contributed by atoms with Gasteiger partial charge in [0.05, 0.1) is 0 Å². The minimum Gasteiger partial charge on any atom is -0.401 e. The zero-order chi connectivity index (χ0) is 13.4. The molecule has 2 nitrogen and oxygen atoms in total. The van der Waals surface area contributed by atoms with Crippen LogP contribution in [0.3, 0.4) is 0 Å². The average molecular weight is 250 g/mol. The van der Waals surface area contributed by atoms with Crippen LogP contribution in [0, 0.1) is 0 Å². The van der Waals surface area contributed by atoms with Crippen LogP contribution in [0.25, 0.3) is 11.1 Å². The molecule has 0 radical (unpaired) electrons. The first-order valence-electron chi connectivity index (χ1n) is 6.56. The molecule has 0 bridgehead atoms. The molecule has 2 N–H and O–H groups in total. The minimum atomic E-state index is 0.870. The summed E-state index contributed by atoms with van der Waals surface area (Å²) in [5, 5.41) is 0. The van der Waals surface area contributed by atoms with Gasteiger partial charge < -0.3 is 10.6 Å². The van der Waals surface area contributed by atoms with E-state index in [1.54, 1.807) is 0 Å². The molecule has 0 aliphatic carbocycles. The standard InChI is InChI=1S/C17H18N2/c1-12(18)13(2)19-11-14-7-3-4-8-15(14)16-9-5-6-10-17(16)19/h3-10H,11,18H2,1-2H3/b13-12-. The summed E-state index contributed by atoms with van der Waals surface area (Å²) < 4.78 is 0. The fraction of sp³-hybridized carbons (Fsp3) is 0.176. The van der Waals surface area contributed by atoms with Gasteiger partial charge in [0.1, 0.15) is 0 Å². The van der Waals surface area contributed by atoms with Gasteiger partial charge in [0.2, 0.25) is 0 Å². The number of allylic oxidation sites excluding steroid dienone is 2. The molecule has 0 saturated carbocycles. The summed E-state index contributed by atoms with van der Waals surface area (Å²) >= 11 is 0. The van der Waals surface area contributed by atoms with Crippen LogP contribution in [0.5, 0.6) is 0 Å². The van der Waals surface area contributed by atoms with Gasteiger partial charge in [0, 0.05) is 29.2 Å². The Balaban J connectivity index is 2.23. The van der Waals surface area contributed by atoms with Crippen LogP contribution in [-0.4, -0.2) is 0 Å². The van der Waals surface area contributed by atoms with Crippen molar-refractivity contribution in [1.82, 2.24) is 0 Å². The molecule has 1 aliphatic rings. The Morgan fingerprint density at radius 1 is 0.947 bits per heavy atom. The van der Waals surface area contributed by atoms with Crippen molar-refractivity contribution in [2.24, 2.45) is 5.73 Å². The number of fused-ring (bicyclic) bond motifs is 3. The van der Waals surface area contributed by atoms with Crippen molar-refractivity contribution in [1.29, 1.82) is 0 Å². The van der Waals surface area contributed by atoms with E-state index in [4.69, 9.17) is 5.73 Å². The third-order valence-corrected chi connectivity index (χ3v) is 3.81. The first-order valence-corrected chi connectivity index (χ1v) is 6.56. The highest BCUT2D eigenvalue weighted by atomic mass is 15.2. The maximum Gasteiger partial charge on any atom is 0.0491 e. The molecule has 2 heteroatoms. The average Bonchev–Trinajstić information content (AvgIpc) is 2.45. The van der Waals surface area contributed by atoms with Crippen molar-refractivity contribution >= 4 is 5.69 Å². The number of nitrogens with two attached hydrogens (primary N) is 1. The Kier molecular flexibility index (Phi) is 2.79. The molecule has 1 aliphatic heterocycles. The van der Waals surface area contributed by atoms with E-state index >= 15 is 0 Å². The number of hydrogen-bond donors (Lipinski definition) is 1. The van der Waals surface area contributed by atoms with E-state index in [1.165, 1.54) is 22.4 Å². The molecule has 0 amide bonds. The third-order valence-electron chi connectivity index (χ3n) is 3.81. The van der Waals surface area contributed by atoms with Gasteiger partial charge in [-0.3, -0.25) is 0 Å². The molecule has 2 aromatic carbocycles. The molecule has 0 unspecified atom stereocenters. The molecule has 0 fully saturated rings. The lowest BCUT2D eigenvalue weighted by Crippen LogP contribution is -2.26. The van der Waals surface area contributed by atoms with Gasteiger partial charge in [-0.05, 0) is 31.0 Å². The molecule has 0 saturated heterocycles. The zero-order valence-corrected chi connectivity index (χ0v) is 11.4. The topological polar surface area (TPSA) is 29.3 Å². The van der Waals surface area contributed by atoms with Crippen molar-refractivity contribution in [3.8, 4) is 11.1 Å². The molecular formula is C17H18N2. The van der Waals surface area contributed by atoms with Gasteiger partial charge in [-0.15, -0.1) is 0 Å². The van der Waals surface area contributed by atoms with E-state index in [-0.39, 0.29) is 0 Å². The van der Waals surface area contributed by atoms with E-state index in [0.29, 0.717) is 0 Å². The van der Waals surface area contributed by atoms with Gasteiger partial charge >= 0.3 is 0 Å². The molecule has 96 valence electrons. The molecule has 3 rings (SSSR count). The van der Waals surface area contributed by atoms with Crippen molar-refractivity contribution in [2.45, 2.75) is 20.4 Å². The largest absolute Gasteiger partial charge is 0.401 e. The number of anilines is 1. The molecule has 2 aromatic rings. The van der Waals surface area contributed by atoms with Crippen molar-refractivity contribution in [2.75, 3.05) is 4.90 Å². The molecule has 1 heterocycles. The summed E-state index contributed by atoms with van der Waals surface area (Å²) in [5.74, 6) is 0. The Morgan fingerprint density at radius 2 is 1.58 bits per heavy atom. The second kappa shape index (κ2) is 4.47. The summed E-state index contributed by atoms with van der Waals surface area (Å²) in [7, 11) is 0. The first-order chi connectivity index (χ1) is 9.18. The van der Waals surface area contributed by atoms with E-state index < -0.39 is 0 Å². The van der Waals surface area contributed by atoms with Gasteiger partial charge in [-0.2, -0.15) is 0 Å². The predicted molar refractivity (Wildman–Crippen MR) is 80.6 cm³/mol. The number of benzene rings is 2. The Morgan fingerprint density at radius 3 is 2.32 bits per heavy atom. The van der Waals surface area contributed by atoms with Gasteiger partial charge in [0.25, 0.3) is 0 Å². The van der Waals surface area contributed by atoms with E-state index in [2.05, 4.69) is 60.4 Å². The summed E-state index contributed by atoms with van der Waals surface area (Å²) in [6.07, 6.45) is 0. The second-order valence-electron chi connectivity index (χ2n) is 5.03. The molecule has 0 aromatic heterocycles. The van der Waals surface area contributed by atoms with Crippen LogP contribution < -0.4 is 10.6 Å². The van der Waals surface area contributed by atoms with Gasteiger partial charge in [0.15, 0.2) is 0 Å². The maximum atomic E-state index is 5.98. The summed E-state index contributed by atoms with van der Waals surface area (Å²) in [5.41, 5.74) is 13.2. The van der Waals surface area contributed by atoms with Crippen LogP contribution >= 0.6 is 0 Å². The van der Waals surface area contributed by atoms with Crippen LogP contribution in [0.15, 0.2) is 59.9 Å². The Hall–Kier alpha value is -2.22. The van der Waals surface area contributed by atoms with Crippen LogP contribution in [-0.2, 0) is 6.54 Å². The van der Waals surface area contributed by atoms with Crippen molar-refractivity contribution in [3.63, 3.8) is 0 Å². The summed E-state index contributed by atoms with van der Waals surface area (Å²) in [6, 6.07) is 17.1. The van der Waals surface area contributed by atoms with Crippen molar-refractivity contribution in [3.05, 3.63) is 65.5 Å². The fourth-order valence-corrected chi connectivity index (χ4v) is 2.63. The Labute approximate surface area is 114 Å². The number of rotatable bonds is 1. The van der Waals surface area contributed by atoms with E-state index in [9.17, 15) is 0 Å². The molecule has 0 atom stereocenters. The lowest BCUT2D eigenvalue weighted by Gasteiger charge is -2.33. The van der Waals surface area contributed by atoms with Crippen LogP contribution in [0.1, 0.15) is 19.4 Å². The monoisotopic (exact) mass is 250 g/mol. The second-order valence-corrected chi connectivity index (χ2v) is 5.03.